The monoisotopic (exact) mass is 435 g/mol. The van der Waals surface area contributed by atoms with Gasteiger partial charge in [-0.15, -0.1) is 10.2 Å². The molecular formula is C20H26FN5O3S. The zero-order valence-electron chi connectivity index (χ0n) is 16.9. The van der Waals surface area contributed by atoms with Crippen molar-refractivity contribution in [3.8, 4) is 0 Å². The first kappa shape index (κ1) is 22.3. The lowest BCUT2D eigenvalue weighted by atomic mass is 10.0. The summed E-state index contributed by atoms with van der Waals surface area (Å²) in [5.41, 5.74) is 0.337. The molecule has 2 aromatic rings. The molecule has 0 bridgehead atoms. The minimum Gasteiger partial charge on any atom is -0.364 e. The van der Waals surface area contributed by atoms with Crippen molar-refractivity contribution in [1.29, 1.82) is 0 Å². The second-order valence-corrected chi connectivity index (χ2v) is 8.25. The van der Waals surface area contributed by atoms with Gasteiger partial charge in [0, 0.05) is 24.8 Å². The summed E-state index contributed by atoms with van der Waals surface area (Å²) in [6, 6.07) is 6.16. The first-order valence-electron chi connectivity index (χ1n) is 9.99. The Bertz CT molecular complexity index is 862. The van der Waals surface area contributed by atoms with Crippen LogP contribution in [0, 0.1) is 5.82 Å². The van der Waals surface area contributed by atoms with E-state index < -0.39 is 11.7 Å². The SMILES string of the molecule is C[C@@H]1CCCCN1CCNC(=O)COCc1nnc(C(=O)Nc2cccc(F)c2)s1. The van der Waals surface area contributed by atoms with E-state index in [0.717, 1.165) is 24.4 Å². The van der Waals surface area contributed by atoms with E-state index >= 15 is 0 Å². The number of benzene rings is 1. The summed E-state index contributed by atoms with van der Waals surface area (Å²) >= 11 is 1.06. The van der Waals surface area contributed by atoms with Gasteiger partial charge in [-0.3, -0.25) is 14.5 Å². The van der Waals surface area contributed by atoms with Crippen LogP contribution in [0.25, 0.3) is 0 Å². The van der Waals surface area contributed by atoms with Crippen LogP contribution >= 0.6 is 11.3 Å². The third-order valence-electron chi connectivity index (χ3n) is 4.86. The number of likely N-dealkylation sites (tertiary alicyclic amines) is 1. The molecule has 1 aromatic heterocycles. The number of carbonyl (C=O) groups excluding carboxylic acids is 2. The largest absolute Gasteiger partial charge is 0.364 e. The molecule has 162 valence electrons. The number of carbonyl (C=O) groups is 2. The number of halogens is 1. The van der Waals surface area contributed by atoms with E-state index in [-0.39, 0.29) is 24.1 Å². The van der Waals surface area contributed by atoms with E-state index in [2.05, 4.69) is 32.7 Å². The average Bonchev–Trinajstić information content (AvgIpc) is 3.19. The van der Waals surface area contributed by atoms with Gasteiger partial charge in [-0.2, -0.15) is 0 Å². The van der Waals surface area contributed by atoms with E-state index in [0.29, 0.717) is 23.3 Å². The van der Waals surface area contributed by atoms with Crippen molar-refractivity contribution in [2.45, 2.75) is 38.8 Å². The summed E-state index contributed by atoms with van der Waals surface area (Å²) in [6.45, 7) is 4.74. The number of aromatic nitrogens is 2. The van der Waals surface area contributed by atoms with Crippen molar-refractivity contribution in [2.24, 2.45) is 0 Å². The molecule has 0 saturated carbocycles. The van der Waals surface area contributed by atoms with Crippen LogP contribution in [0.2, 0.25) is 0 Å². The Kier molecular flexibility index (Phi) is 8.23. The standard InChI is InChI=1S/C20H26FN5O3S/c1-14-5-2-3-9-26(14)10-8-22-17(27)12-29-13-18-24-25-20(30-18)19(28)23-16-7-4-6-15(21)11-16/h4,6-7,11,14H,2-3,5,8-10,12-13H2,1H3,(H,22,27)(H,23,28)/t14-/m1/s1. The molecule has 30 heavy (non-hydrogen) atoms. The lowest BCUT2D eigenvalue weighted by Crippen LogP contribution is -2.43. The minimum absolute atomic E-state index is 0.0834. The van der Waals surface area contributed by atoms with Crippen LogP contribution in [0.3, 0.4) is 0 Å². The normalized spacial score (nSPS) is 16.9. The van der Waals surface area contributed by atoms with E-state index in [9.17, 15) is 14.0 Å². The van der Waals surface area contributed by atoms with Crippen LogP contribution in [0.5, 0.6) is 0 Å². The van der Waals surface area contributed by atoms with Gasteiger partial charge in [-0.1, -0.05) is 23.8 Å². The van der Waals surface area contributed by atoms with Gasteiger partial charge in [0.25, 0.3) is 5.91 Å². The van der Waals surface area contributed by atoms with Crippen molar-refractivity contribution in [3.05, 3.63) is 40.1 Å². The first-order chi connectivity index (χ1) is 14.5. The molecule has 1 aliphatic rings. The van der Waals surface area contributed by atoms with E-state index in [1.807, 2.05) is 0 Å². The van der Waals surface area contributed by atoms with Crippen LogP contribution < -0.4 is 10.6 Å². The highest BCUT2D eigenvalue weighted by Crippen LogP contribution is 2.16. The molecule has 0 aliphatic carbocycles. The molecule has 1 fully saturated rings. The highest BCUT2D eigenvalue weighted by molar-refractivity contribution is 7.13. The maximum absolute atomic E-state index is 13.2. The second kappa shape index (κ2) is 11.1. The minimum atomic E-state index is -0.478. The maximum Gasteiger partial charge on any atom is 0.286 e. The number of piperidine rings is 1. The molecular weight excluding hydrogens is 409 g/mol. The zero-order chi connectivity index (χ0) is 21.3. The Hall–Kier alpha value is -2.43. The summed E-state index contributed by atoms with van der Waals surface area (Å²) in [7, 11) is 0. The molecule has 2 amide bonds. The highest BCUT2D eigenvalue weighted by Gasteiger charge is 2.18. The summed E-state index contributed by atoms with van der Waals surface area (Å²) < 4.78 is 18.6. The zero-order valence-corrected chi connectivity index (χ0v) is 17.7. The Labute approximate surface area is 178 Å². The number of nitrogens with one attached hydrogen (secondary N) is 2. The molecule has 0 unspecified atom stereocenters. The van der Waals surface area contributed by atoms with Gasteiger partial charge >= 0.3 is 0 Å². The van der Waals surface area contributed by atoms with Crippen molar-refractivity contribution >= 4 is 28.8 Å². The Morgan fingerprint density at radius 2 is 2.20 bits per heavy atom. The fraction of sp³-hybridized carbons (Fsp3) is 0.500. The Morgan fingerprint density at radius 1 is 1.33 bits per heavy atom. The number of anilines is 1. The van der Waals surface area contributed by atoms with E-state index in [1.165, 1.54) is 37.5 Å². The lowest BCUT2D eigenvalue weighted by molar-refractivity contribution is -0.126. The summed E-state index contributed by atoms with van der Waals surface area (Å²) in [4.78, 5) is 26.5. The molecule has 1 aromatic carbocycles. The maximum atomic E-state index is 13.2. The van der Waals surface area contributed by atoms with Crippen LogP contribution in [-0.2, 0) is 16.1 Å². The van der Waals surface area contributed by atoms with E-state index in [1.54, 1.807) is 6.07 Å². The predicted molar refractivity (Wildman–Crippen MR) is 112 cm³/mol. The van der Waals surface area contributed by atoms with Crippen molar-refractivity contribution < 1.29 is 18.7 Å². The van der Waals surface area contributed by atoms with Gasteiger partial charge in [0.2, 0.25) is 10.9 Å². The number of hydrogen-bond donors (Lipinski definition) is 2. The molecule has 1 aliphatic heterocycles. The number of amides is 2. The van der Waals surface area contributed by atoms with Crippen molar-refractivity contribution in [3.63, 3.8) is 0 Å². The topological polar surface area (TPSA) is 96.5 Å². The molecule has 8 nitrogen and oxygen atoms in total. The molecule has 0 spiro atoms. The van der Waals surface area contributed by atoms with Crippen LogP contribution in [0.4, 0.5) is 10.1 Å². The fourth-order valence-corrected chi connectivity index (χ4v) is 3.94. The number of hydrogen-bond acceptors (Lipinski definition) is 7. The van der Waals surface area contributed by atoms with Gasteiger partial charge in [0.05, 0.1) is 0 Å². The van der Waals surface area contributed by atoms with Crippen molar-refractivity contribution in [1.82, 2.24) is 20.4 Å². The number of nitrogens with zero attached hydrogens (tertiary/aromatic N) is 3. The lowest BCUT2D eigenvalue weighted by Gasteiger charge is -2.33. The second-order valence-electron chi connectivity index (χ2n) is 7.19. The Balaban J connectivity index is 1.34. The highest BCUT2D eigenvalue weighted by atomic mass is 32.1. The summed E-state index contributed by atoms with van der Waals surface area (Å²) in [5, 5.41) is 13.7. The van der Waals surface area contributed by atoms with Crippen LogP contribution in [-0.4, -0.2) is 59.2 Å². The average molecular weight is 436 g/mol. The van der Waals surface area contributed by atoms with Crippen LogP contribution in [0.15, 0.2) is 24.3 Å². The van der Waals surface area contributed by atoms with Gasteiger partial charge in [-0.25, -0.2) is 4.39 Å². The van der Waals surface area contributed by atoms with Crippen LogP contribution in [0.1, 0.15) is 41.0 Å². The smallest absolute Gasteiger partial charge is 0.286 e. The predicted octanol–water partition coefficient (Wildman–Crippen LogP) is 2.44. The van der Waals surface area contributed by atoms with Gasteiger partial charge in [0.1, 0.15) is 24.0 Å². The van der Waals surface area contributed by atoms with Gasteiger partial charge in [-0.05, 0) is 44.5 Å². The molecule has 3 rings (SSSR count). The molecule has 10 heteroatoms. The molecule has 0 radical (unpaired) electrons. The summed E-state index contributed by atoms with van der Waals surface area (Å²) in [6.07, 6.45) is 3.70. The van der Waals surface area contributed by atoms with Crippen molar-refractivity contribution in [2.75, 3.05) is 31.6 Å². The molecule has 1 atom stereocenters. The first-order valence-corrected chi connectivity index (χ1v) is 10.8. The quantitative estimate of drug-likeness (QED) is 0.628. The third-order valence-corrected chi connectivity index (χ3v) is 5.76. The fourth-order valence-electron chi connectivity index (χ4n) is 3.27. The van der Waals surface area contributed by atoms with Gasteiger partial charge in [0.15, 0.2) is 0 Å². The number of rotatable bonds is 9. The molecule has 1 saturated heterocycles. The third kappa shape index (κ3) is 6.82. The van der Waals surface area contributed by atoms with Gasteiger partial charge < -0.3 is 15.4 Å². The number of ether oxygens (including phenoxy) is 1. The molecule has 2 N–H and O–H groups in total. The Morgan fingerprint density at radius 3 is 3.00 bits per heavy atom. The summed E-state index contributed by atoms with van der Waals surface area (Å²) in [5.74, 6) is -1.11. The molecule has 2 heterocycles. The van der Waals surface area contributed by atoms with E-state index in [4.69, 9.17) is 4.74 Å².